The van der Waals surface area contributed by atoms with E-state index in [4.69, 9.17) is 15.2 Å². The Bertz CT molecular complexity index is 572. The van der Waals surface area contributed by atoms with Gasteiger partial charge in [-0.1, -0.05) is 6.07 Å². The Labute approximate surface area is 118 Å². The van der Waals surface area contributed by atoms with Crippen LogP contribution in [0.15, 0.2) is 18.2 Å². The minimum atomic E-state index is -3.27. The van der Waals surface area contributed by atoms with E-state index in [0.717, 1.165) is 11.8 Å². The zero-order valence-corrected chi connectivity index (χ0v) is 12.1. The van der Waals surface area contributed by atoms with Crippen molar-refractivity contribution >= 4 is 9.84 Å². The quantitative estimate of drug-likeness (QED) is 0.788. The van der Waals surface area contributed by atoms with Gasteiger partial charge in [-0.05, 0) is 17.7 Å². The highest BCUT2D eigenvalue weighted by molar-refractivity contribution is 7.90. The molecule has 2 unspecified atom stereocenters. The molecule has 2 atom stereocenters. The number of benzene rings is 1. The largest absolute Gasteiger partial charge is 0.486 e. The maximum Gasteiger partial charge on any atom is 0.161 e. The van der Waals surface area contributed by atoms with Gasteiger partial charge in [0.1, 0.15) is 23.1 Å². The van der Waals surface area contributed by atoms with E-state index >= 15 is 0 Å². The van der Waals surface area contributed by atoms with Gasteiger partial charge < -0.3 is 20.3 Å². The fourth-order valence-corrected chi connectivity index (χ4v) is 3.08. The van der Waals surface area contributed by atoms with Crippen molar-refractivity contribution in [3.8, 4) is 11.5 Å². The van der Waals surface area contributed by atoms with E-state index in [0.29, 0.717) is 24.7 Å². The molecular weight excluding hydrogens is 282 g/mol. The lowest BCUT2D eigenvalue weighted by Gasteiger charge is -2.24. The molecule has 0 fully saturated rings. The summed E-state index contributed by atoms with van der Waals surface area (Å²) in [6, 6.07) is 5.27. The molecule has 0 aromatic heterocycles. The highest BCUT2D eigenvalue weighted by Gasteiger charge is 2.25. The first-order valence-corrected chi connectivity index (χ1v) is 8.42. The second-order valence-electron chi connectivity index (χ2n) is 4.91. The molecule has 1 heterocycles. The Kier molecular flexibility index (Phi) is 4.52. The molecule has 2 rings (SSSR count). The highest BCUT2D eigenvalue weighted by atomic mass is 32.2. The van der Waals surface area contributed by atoms with Gasteiger partial charge in [-0.25, -0.2) is 8.42 Å². The van der Waals surface area contributed by atoms with E-state index in [1.165, 1.54) is 0 Å². The fourth-order valence-electron chi connectivity index (χ4n) is 2.23. The Morgan fingerprint density at radius 3 is 2.55 bits per heavy atom. The first-order valence-electron chi connectivity index (χ1n) is 6.36. The first-order chi connectivity index (χ1) is 9.40. The van der Waals surface area contributed by atoms with Crippen molar-refractivity contribution in [1.82, 2.24) is 0 Å². The van der Waals surface area contributed by atoms with Crippen LogP contribution < -0.4 is 15.2 Å². The fraction of sp³-hybridized carbons (Fsp3) is 0.538. The average molecular weight is 301 g/mol. The summed E-state index contributed by atoms with van der Waals surface area (Å²) in [5.41, 5.74) is 6.42. The van der Waals surface area contributed by atoms with Crippen LogP contribution in [0.5, 0.6) is 11.5 Å². The van der Waals surface area contributed by atoms with Gasteiger partial charge in [0.15, 0.2) is 11.5 Å². The van der Waals surface area contributed by atoms with E-state index in [9.17, 15) is 13.5 Å². The van der Waals surface area contributed by atoms with Gasteiger partial charge in [-0.3, -0.25) is 0 Å². The molecule has 0 saturated carbocycles. The van der Waals surface area contributed by atoms with Crippen LogP contribution in [0.1, 0.15) is 11.5 Å². The molecule has 0 aliphatic carbocycles. The monoisotopic (exact) mass is 301 g/mol. The maximum atomic E-state index is 11.3. The highest BCUT2D eigenvalue weighted by Crippen LogP contribution is 2.33. The average Bonchev–Trinajstić information content (AvgIpc) is 2.37. The van der Waals surface area contributed by atoms with Crippen LogP contribution in [0, 0.1) is 0 Å². The van der Waals surface area contributed by atoms with E-state index in [-0.39, 0.29) is 12.3 Å². The molecule has 1 aromatic rings. The molecule has 3 N–H and O–H groups in total. The van der Waals surface area contributed by atoms with Crippen molar-refractivity contribution in [2.45, 2.75) is 12.0 Å². The number of nitrogens with two attached hydrogens (primary N) is 1. The van der Waals surface area contributed by atoms with Crippen molar-refractivity contribution in [2.75, 3.05) is 31.8 Å². The molecule has 112 valence electrons. The Morgan fingerprint density at radius 2 is 1.95 bits per heavy atom. The van der Waals surface area contributed by atoms with Gasteiger partial charge in [-0.15, -0.1) is 0 Å². The van der Waals surface area contributed by atoms with E-state index < -0.39 is 21.9 Å². The van der Waals surface area contributed by atoms with Crippen LogP contribution in [-0.4, -0.2) is 51.4 Å². The third kappa shape index (κ3) is 3.62. The van der Waals surface area contributed by atoms with Crippen LogP contribution in [0.4, 0.5) is 0 Å². The predicted octanol–water partition coefficient (Wildman–Crippen LogP) is -0.0944. The van der Waals surface area contributed by atoms with E-state index in [1.807, 2.05) is 0 Å². The molecule has 7 heteroatoms. The molecule has 0 bridgehead atoms. The summed E-state index contributed by atoms with van der Waals surface area (Å²) in [6.45, 7) is 1.12. The van der Waals surface area contributed by atoms with Crippen LogP contribution in [0.25, 0.3) is 0 Å². The van der Waals surface area contributed by atoms with Crippen molar-refractivity contribution in [3.63, 3.8) is 0 Å². The lowest BCUT2D eigenvalue weighted by Crippen LogP contribution is -2.31. The number of rotatable bonds is 5. The van der Waals surface area contributed by atoms with Crippen LogP contribution in [-0.2, 0) is 9.84 Å². The second-order valence-corrected chi connectivity index (χ2v) is 7.09. The van der Waals surface area contributed by atoms with Gasteiger partial charge in [0, 0.05) is 18.7 Å². The Morgan fingerprint density at radius 1 is 1.30 bits per heavy atom. The first kappa shape index (κ1) is 15.1. The molecule has 0 saturated heterocycles. The molecule has 6 nitrogen and oxygen atoms in total. The van der Waals surface area contributed by atoms with Crippen molar-refractivity contribution in [2.24, 2.45) is 5.73 Å². The topological polar surface area (TPSA) is 98.9 Å². The predicted molar refractivity (Wildman–Crippen MR) is 74.9 cm³/mol. The summed E-state index contributed by atoms with van der Waals surface area (Å²) in [6.07, 6.45) is 0.0470. The van der Waals surface area contributed by atoms with Crippen molar-refractivity contribution in [3.05, 3.63) is 23.8 Å². The second kappa shape index (κ2) is 5.99. The normalized spacial score (nSPS) is 17.6. The summed E-state index contributed by atoms with van der Waals surface area (Å²) in [5, 5.41) is 10.1. The number of aliphatic hydroxyl groups excluding tert-OH is 1. The minimum Gasteiger partial charge on any atom is -0.486 e. The summed E-state index contributed by atoms with van der Waals surface area (Å²) < 4.78 is 33.5. The minimum absolute atomic E-state index is 0.149. The van der Waals surface area contributed by atoms with Crippen LogP contribution >= 0.6 is 0 Å². The van der Waals surface area contributed by atoms with Gasteiger partial charge in [-0.2, -0.15) is 0 Å². The summed E-state index contributed by atoms with van der Waals surface area (Å²) >= 11 is 0. The SMILES string of the molecule is CS(=O)(=O)CC(O)C(CN)c1ccc2c(c1)OCCO2. The number of ether oxygens (including phenoxy) is 2. The molecule has 0 radical (unpaired) electrons. The molecule has 1 aromatic carbocycles. The van der Waals surface area contributed by atoms with Gasteiger partial charge >= 0.3 is 0 Å². The molecule has 20 heavy (non-hydrogen) atoms. The van der Waals surface area contributed by atoms with Crippen LogP contribution in [0.2, 0.25) is 0 Å². The van der Waals surface area contributed by atoms with E-state index in [2.05, 4.69) is 0 Å². The third-order valence-corrected chi connectivity index (χ3v) is 4.13. The molecule has 0 spiro atoms. The van der Waals surface area contributed by atoms with Crippen molar-refractivity contribution in [1.29, 1.82) is 0 Å². The molecule has 1 aliphatic heterocycles. The number of aliphatic hydroxyl groups is 1. The number of hydrogen-bond donors (Lipinski definition) is 2. The number of sulfone groups is 1. The summed E-state index contributed by atoms with van der Waals surface area (Å²) in [5.74, 6) is 0.469. The van der Waals surface area contributed by atoms with Crippen LogP contribution in [0.3, 0.4) is 0 Å². The summed E-state index contributed by atoms with van der Waals surface area (Å²) in [7, 11) is -3.27. The zero-order valence-electron chi connectivity index (χ0n) is 11.3. The molecule has 1 aliphatic rings. The van der Waals surface area contributed by atoms with Crippen molar-refractivity contribution < 1.29 is 23.0 Å². The lowest BCUT2D eigenvalue weighted by molar-refractivity contribution is 0.163. The van der Waals surface area contributed by atoms with Gasteiger partial charge in [0.25, 0.3) is 0 Å². The zero-order chi connectivity index (χ0) is 14.8. The third-order valence-electron chi connectivity index (χ3n) is 3.19. The maximum absolute atomic E-state index is 11.3. The van der Waals surface area contributed by atoms with E-state index in [1.54, 1.807) is 18.2 Å². The molecule has 0 amide bonds. The lowest BCUT2D eigenvalue weighted by atomic mass is 9.94. The van der Waals surface area contributed by atoms with Gasteiger partial charge in [0.2, 0.25) is 0 Å². The Hall–Kier alpha value is -1.31. The number of fused-ring (bicyclic) bond motifs is 1. The number of hydrogen-bond acceptors (Lipinski definition) is 6. The molecular formula is C13H19NO5S. The Balaban J connectivity index is 2.23. The standard InChI is InChI=1S/C13H19NO5S/c1-20(16,17)8-11(15)10(7-14)9-2-3-12-13(6-9)19-5-4-18-12/h2-3,6,10-11,15H,4-5,7-8,14H2,1H3. The smallest absolute Gasteiger partial charge is 0.161 e. The van der Waals surface area contributed by atoms with Gasteiger partial charge in [0.05, 0.1) is 11.9 Å². The summed E-state index contributed by atoms with van der Waals surface area (Å²) in [4.78, 5) is 0.